The molecule has 0 unspecified atom stereocenters. The molecule has 6 nitrogen and oxygen atoms in total. The Morgan fingerprint density at radius 3 is 2.61 bits per heavy atom. The van der Waals surface area contributed by atoms with Gasteiger partial charge < -0.3 is 14.4 Å². The molecule has 28 heavy (non-hydrogen) atoms. The van der Waals surface area contributed by atoms with E-state index in [4.69, 9.17) is 9.47 Å². The lowest BCUT2D eigenvalue weighted by Gasteiger charge is -2.26. The van der Waals surface area contributed by atoms with E-state index in [1.807, 2.05) is 59.5 Å². The number of benzene rings is 2. The van der Waals surface area contributed by atoms with E-state index < -0.39 is 0 Å². The fourth-order valence-corrected chi connectivity index (χ4v) is 3.91. The molecule has 3 aromatic rings. The molecule has 0 radical (unpaired) electrons. The average Bonchev–Trinajstić information content (AvgIpc) is 2.77. The van der Waals surface area contributed by atoms with Crippen LogP contribution in [0.5, 0.6) is 5.75 Å². The molecule has 1 fully saturated rings. The van der Waals surface area contributed by atoms with Gasteiger partial charge in [-0.15, -0.1) is 0 Å². The molecule has 1 aromatic heterocycles. The summed E-state index contributed by atoms with van der Waals surface area (Å²) in [5, 5.41) is 1.75. The van der Waals surface area contributed by atoms with E-state index in [0.717, 1.165) is 21.7 Å². The highest BCUT2D eigenvalue weighted by Gasteiger charge is 2.18. The summed E-state index contributed by atoms with van der Waals surface area (Å²) in [5.41, 5.74) is 0.852. The minimum absolute atomic E-state index is 0.109. The lowest BCUT2D eigenvalue weighted by atomic mass is 10.2. The van der Waals surface area contributed by atoms with Crippen LogP contribution < -0.4 is 4.74 Å². The highest BCUT2D eigenvalue weighted by atomic mass is 32.2. The van der Waals surface area contributed by atoms with Crippen LogP contribution in [0.2, 0.25) is 0 Å². The molecule has 7 heteroatoms. The molecule has 2 heterocycles. The summed E-state index contributed by atoms with van der Waals surface area (Å²) in [7, 11) is 0. The van der Waals surface area contributed by atoms with Crippen LogP contribution in [0.1, 0.15) is 5.82 Å². The van der Waals surface area contributed by atoms with E-state index in [1.165, 1.54) is 11.8 Å². The Morgan fingerprint density at radius 1 is 1.04 bits per heavy atom. The summed E-state index contributed by atoms with van der Waals surface area (Å²) in [6, 6.07) is 17.4. The Bertz CT molecular complexity index is 946. The minimum Gasteiger partial charge on any atom is -0.486 e. The lowest BCUT2D eigenvalue weighted by Crippen LogP contribution is -2.41. The largest absolute Gasteiger partial charge is 0.486 e. The molecule has 0 bridgehead atoms. The number of thioether (sulfide) groups is 1. The monoisotopic (exact) mass is 395 g/mol. The maximum absolute atomic E-state index is 12.5. The van der Waals surface area contributed by atoms with Gasteiger partial charge in [-0.1, -0.05) is 48.2 Å². The molecular weight excluding hydrogens is 374 g/mol. The summed E-state index contributed by atoms with van der Waals surface area (Å²) in [6.07, 6.45) is 0. The molecule has 0 aliphatic carbocycles. The zero-order valence-corrected chi connectivity index (χ0v) is 16.2. The maximum atomic E-state index is 12.5. The van der Waals surface area contributed by atoms with Gasteiger partial charge in [0, 0.05) is 18.5 Å². The number of aromatic nitrogens is 2. The molecule has 0 atom stereocenters. The highest BCUT2D eigenvalue weighted by molar-refractivity contribution is 8.00. The van der Waals surface area contributed by atoms with Crippen molar-refractivity contribution in [2.45, 2.75) is 11.6 Å². The number of para-hydroxylation sites is 2. The number of rotatable bonds is 6. The van der Waals surface area contributed by atoms with E-state index in [0.29, 0.717) is 37.9 Å². The van der Waals surface area contributed by atoms with E-state index in [1.54, 1.807) is 0 Å². The third kappa shape index (κ3) is 4.61. The van der Waals surface area contributed by atoms with E-state index >= 15 is 0 Å². The number of hydrogen-bond donors (Lipinski definition) is 0. The number of fused-ring (bicyclic) bond motifs is 1. The van der Waals surface area contributed by atoms with Crippen LogP contribution in [0.4, 0.5) is 0 Å². The van der Waals surface area contributed by atoms with Crippen LogP contribution in [0.3, 0.4) is 0 Å². The van der Waals surface area contributed by atoms with Gasteiger partial charge in [-0.05, 0) is 18.2 Å². The summed E-state index contributed by atoms with van der Waals surface area (Å²) >= 11 is 1.45. The van der Waals surface area contributed by atoms with Crippen molar-refractivity contribution >= 4 is 28.6 Å². The first-order valence-corrected chi connectivity index (χ1v) is 10.2. The lowest BCUT2D eigenvalue weighted by molar-refractivity contribution is -0.132. The summed E-state index contributed by atoms with van der Waals surface area (Å²) < 4.78 is 11.1. The van der Waals surface area contributed by atoms with Crippen LogP contribution in [0.15, 0.2) is 59.6 Å². The first-order chi connectivity index (χ1) is 13.8. The minimum atomic E-state index is 0.109. The smallest absolute Gasteiger partial charge is 0.233 e. The predicted octanol–water partition coefficient (Wildman–Crippen LogP) is 3.16. The highest BCUT2D eigenvalue weighted by Crippen LogP contribution is 2.26. The third-order valence-electron chi connectivity index (χ3n) is 4.42. The summed E-state index contributed by atoms with van der Waals surface area (Å²) in [6.45, 7) is 2.79. The zero-order chi connectivity index (χ0) is 19.2. The van der Waals surface area contributed by atoms with Crippen molar-refractivity contribution in [2.24, 2.45) is 0 Å². The molecule has 4 rings (SSSR count). The molecule has 0 saturated carbocycles. The molecule has 1 aliphatic heterocycles. The Labute approximate surface area is 167 Å². The Hall–Kier alpha value is -2.64. The fraction of sp³-hybridized carbons (Fsp3) is 0.286. The number of carbonyl (C=O) groups is 1. The van der Waals surface area contributed by atoms with Crippen molar-refractivity contribution in [2.75, 3.05) is 32.1 Å². The van der Waals surface area contributed by atoms with Gasteiger partial charge in [0.1, 0.15) is 17.4 Å². The van der Waals surface area contributed by atoms with E-state index in [-0.39, 0.29) is 12.5 Å². The number of hydrogen-bond acceptors (Lipinski definition) is 6. The van der Waals surface area contributed by atoms with Gasteiger partial charge in [0.15, 0.2) is 5.82 Å². The molecule has 1 amide bonds. The van der Waals surface area contributed by atoms with Crippen molar-refractivity contribution in [3.05, 3.63) is 60.4 Å². The van der Waals surface area contributed by atoms with Gasteiger partial charge in [-0.3, -0.25) is 4.79 Å². The average molecular weight is 395 g/mol. The molecule has 144 valence electrons. The number of amides is 1. The Kier molecular flexibility index (Phi) is 6.04. The van der Waals surface area contributed by atoms with Gasteiger partial charge in [0.25, 0.3) is 0 Å². The number of carbonyl (C=O) groups excluding carboxylic acids is 1. The van der Waals surface area contributed by atoms with Crippen LogP contribution in [-0.4, -0.2) is 52.8 Å². The van der Waals surface area contributed by atoms with Crippen LogP contribution in [0.25, 0.3) is 10.9 Å². The van der Waals surface area contributed by atoms with Crippen molar-refractivity contribution in [3.63, 3.8) is 0 Å². The SMILES string of the molecule is O=C(CSc1nc(COc2ccccc2)nc2ccccc12)N1CCOCC1. The molecular formula is C21H21N3O3S. The molecule has 0 spiro atoms. The second-order valence-corrected chi connectivity index (χ2v) is 7.31. The van der Waals surface area contributed by atoms with Gasteiger partial charge in [0.2, 0.25) is 5.91 Å². The van der Waals surface area contributed by atoms with Crippen LogP contribution in [-0.2, 0) is 16.1 Å². The van der Waals surface area contributed by atoms with Crippen molar-refractivity contribution < 1.29 is 14.3 Å². The number of nitrogens with zero attached hydrogens (tertiary/aromatic N) is 3. The van der Waals surface area contributed by atoms with Gasteiger partial charge in [-0.25, -0.2) is 9.97 Å². The van der Waals surface area contributed by atoms with Gasteiger partial charge >= 0.3 is 0 Å². The normalized spacial score (nSPS) is 14.2. The zero-order valence-electron chi connectivity index (χ0n) is 15.4. The second kappa shape index (κ2) is 9.03. The first kappa shape index (κ1) is 18.7. The van der Waals surface area contributed by atoms with Crippen LogP contribution >= 0.6 is 11.8 Å². The molecule has 1 aliphatic rings. The molecule has 2 aromatic carbocycles. The maximum Gasteiger partial charge on any atom is 0.233 e. The molecule has 0 N–H and O–H groups in total. The third-order valence-corrected chi connectivity index (χ3v) is 5.40. The second-order valence-electron chi connectivity index (χ2n) is 6.35. The summed E-state index contributed by atoms with van der Waals surface area (Å²) in [4.78, 5) is 23.6. The van der Waals surface area contributed by atoms with Gasteiger partial charge in [-0.2, -0.15) is 0 Å². The summed E-state index contributed by atoms with van der Waals surface area (Å²) in [5.74, 6) is 1.83. The number of ether oxygens (including phenoxy) is 2. The number of morpholine rings is 1. The van der Waals surface area contributed by atoms with E-state index in [9.17, 15) is 4.79 Å². The van der Waals surface area contributed by atoms with Crippen molar-refractivity contribution in [1.82, 2.24) is 14.9 Å². The topological polar surface area (TPSA) is 64.5 Å². The predicted molar refractivity (Wildman–Crippen MR) is 108 cm³/mol. The van der Waals surface area contributed by atoms with Crippen molar-refractivity contribution in [1.29, 1.82) is 0 Å². The first-order valence-electron chi connectivity index (χ1n) is 9.21. The Balaban J connectivity index is 1.50. The Morgan fingerprint density at radius 2 is 1.79 bits per heavy atom. The molecule has 1 saturated heterocycles. The van der Waals surface area contributed by atoms with Crippen LogP contribution in [0, 0.1) is 0 Å². The van der Waals surface area contributed by atoms with Crippen molar-refractivity contribution in [3.8, 4) is 5.75 Å². The van der Waals surface area contributed by atoms with E-state index in [2.05, 4.69) is 9.97 Å². The standard InChI is InChI=1S/C21H21N3O3S/c25-20(24-10-12-26-13-11-24)15-28-21-17-8-4-5-9-18(17)22-19(23-21)14-27-16-6-2-1-3-7-16/h1-9H,10-15H2. The quantitative estimate of drug-likeness (QED) is 0.472. The fourth-order valence-electron chi connectivity index (χ4n) is 2.97. The van der Waals surface area contributed by atoms with Gasteiger partial charge in [0.05, 0.1) is 24.5 Å².